The Hall–Kier alpha value is -1.20. The van der Waals surface area contributed by atoms with Gasteiger partial charge in [0, 0.05) is 25.7 Å². The number of nitrogens with zero attached hydrogens (tertiary/aromatic N) is 1. The van der Waals surface area contributed by atoms with E-state index in [9.17, 15) is 4.79 Å². The Morgan fingerprint density at radius 3 is 3.25 bits per heavy atom. The van der Waals surface area contributed by atoms with Gasteiger partial charge >= 0.3 is 0 Å². The van der Waals surface area contributed by atoms with Gasteiger partial charge in [0.05, 0.1) is 18.9 Å². The Bertz CT molecular complexity index is 396. The van der Waals surface area contributed by atoms with Gasteiger partial charge in [0.1, 0.15) is 5.82 Å². The molecule has 1 atom stereocenters. The Kier molecular flexibility index (Phi) is 3.69. The highest BCUT2D eigenvalue weighted by atomic mass is 16.5. The number of H-pyrrole nitrogens is 1. The summed E-state index contributed by atoms with van der Waals surface area (Å²) in [6.07, 6.45) is 2.03. The van der Waals surface area contributed by atoms with Crippen molar-refractivity contribution < 1.29 is 9.47 Å². The lowest BCUT2D eigenvalue weighted by Crippen LogP contribution is -2.22. The van der Waals surface area contributed by atoms with Gasteiger partial charge in [0.2, 0.25) is 0 Å². The fraction of sp³-hybridized carbons (Fsp3) is 0.636. The number of aromatic nitrogens is 2. The number of methoxy groups -OCH3 is 1. The Morgan fingerprint density at radius 2 is 2.56 bits per heavy atom. The number of aromatic amines is 1. The third-order valence-corrected chi connectivity index (χ3v) is 2.65. The zero-order chi connectivity index (χ0) is 11.4. The molecule has 0 spiro atoms. The topological polar surface area (TPSA) is 64.2 Å². The van der Waals surface area contributed by atoms with Crippen LogP contribution in [0.3, 0.4) is 0 Å². The van der Waals surface area contributed by atoms with Crippen molar-refractivity contribution in [1.29, 1.82) is 0 Å². The molecule has 1 N–H and O–H groups in total. The summed E-state index contributed by atoms with van der Waals surface area (Å²) >= 11 is 0. The van der Waals surface area contributed by atoms with E-state index in [-0.39, 0.29) is 11.5 Å². The number of nitrogens with one attached hydrogen (secondary N) is 1. The van der Waals surface area contributed by atoms with E-state index in [0.717, 1.165) is 25.3 Å². The maximum atomic E-state index is 11.4. The average molecular weight is 224 g/mol. The molecule has 0 aromatic carbocycles. The summed E-state index contributed by atoms with van der Waals surface area (Å²) < 4.78 is 10.4. The minimum atomic E-state index is -0.123. The quantitative estimate of drug-likeness (QED) is 0.825. The van der Waals surface area contributed by atoms with Gasteiger partial charge < -0.3 is 14.5 Å². The minimum Gasteiger partial charge on any atom is -0.381 e. The second kappa shape index (κ2) is 5.23. The molecule has 5 heteroatoms. The fourth-order valence-corrected chi connectivity index (χ4v) is 1.90. The first-order valence-electron chi connectivity index (χ1n) is 5.46. The monoisotopic (exact) mass is 224 g/mol. The first kappa shape index (κ1) is 11.3. The van der Waals surface area contributed by atoms with Gasteiger partial charge in [-0.05, 0) is 12.8 Å². The van der Waals surface area contributed by atoms with Crippen LogP contribution in [0.15, 0.2) is 10.9 Å². The van der Waals surface area contributed by atoms with E-state index >= 15 is 0 Å². The number of rotatable bonds is 3. The average Bonchev–Trinajstić information content (AvgIpc) is 2.30. The molecule has 1 fully saturated rings. The van der Waals surface area contributed by atoms with Gasteiger partial charge in [-0.1, -0.05) is 0 Å². The summed E-state index contributed by atoms with van der Waals surface area (Å²) in [6, 6.07) is 1.47. The molecule has 1 aromatic heterocycles. The number of hydrogen-bond acceptors (Lipinski definition) is 4. The van der Waals surface area contributed by atoms with Crippen LogP contribution in [0.4, 0.5) is 0 Å². The van der Waals surface area contributed by atoms with Crippen molar-refractivity contribution in [3.8, 4) is 0 Å². The summed E-state index contributed by atoms with van der Waals surface area (Å²) in [7, 11) is 1.59. The highest BCUT2D eigenvalue weighted by molar-refractivity contribution is 5.06. The lowest BCUT2D eigenvalue weighted by atomic mass is 10.0. The Labute approximate surface area is 93.8 Å². The van der Waals surface area contributed by atoms with Crippen molar-refractivity contribution in [2.45, 2.75) is 25.4 Å². The van der Waals surface area contributed by atoms with Crippen LogP contribution in [0.2, 0.25) is 0 Å². The molecule has 1 unspecified atom stereocenters. The van der Waals surface area contributed by atoms with Crippen LogP contribution in [0.25, 0.3) is 0 Å². The Morgan fingerprint density at radius 1 is 1.69 bits per heavy atom. The Balaban J connectivity index is 2.21. The predicted octanol–water partition coefficient (Wildman–Crippen LogP) is 0.810. The van der Waals surface area contributed by atoms with Crippen molar-refractivity contribution in [2.24, 2.45) is 0 Å². The molecule has 0 bridgehead atoms. The smallest absolute Gasteiger partial charge is 0.251 e. The zero-order valence-electron chi connectivity index (χ0n) is 9.36. The van der Waals surface area contributed by atoms with E-state index in [2.05, 4.69) is 9.97 Å². The minimum absolute atomic E-state index is 0.123. The van der Waals surface area contributed by atoms with Crippen LogP contribution in [-0.2, 0) is 16.1 Å². The van der Waals surface area contributed by atoms with Gasteiger partial charge in [-0.2, -0.15) is 0 Å². The molecule has 2 heterocycles. The summed E-state index contributed by atoms with van der Waals surface area (Å²) in [5.41, 5.74) is 0.550. The van der Waals surface area contributed by atoms with Crippen molar-refractivity contribution in [3.05, 3.63) is 27.9 Å². The first-order chi connectivity index (χ1) is 7.79. The van der Waals surface area contributed by atoms with E-state index in [1.54, 1.807) is 7.11 Å². The summed E-state index contributed by atoms with van der Waals surface area (Å²) in [6.45, 7) is 1.81. The first-order valence-corrected chi connectivity index (χ1v) is 5.46. The third-order valence-electron chi connectivity index (χ3n) is 2.65. The molecule has 1 saturated heterocycles. The molecule has 0 radical (unpaired) electrons. The van der Waals surface area contributed by atoms with Crippen LogP contribution < -0.4 is 5.56 Å². The summed E-state index contributed by atoms with van der Waals surface area (Å²) in [4.78, 5) is 18.6. The van der Waals surface area contributed by atoms with Crippen LogP contribution in [-0.4, -0.2) is 30.3 Å². The van der Waals surface area contributed by atoms with Crippen molar-refractivity contribution >= 4 is 0 Å². The zero-order valence-corrected chi connectivity index (χ0v) is 9.36. The third kappa shape index (κ3) is 2.68. The van der Waals surface area contributed by atoms with Gasteiger partial charge in [-0.25, -0.2) is 4.98 Å². The van der Waals surface area contributed by atoms with E-state index in [1.165, 1.54) is 6.07 Å². The second-order valence-corrected chi connectivity index (χ2v) is 3.97. The van der Waals surface area contributed by atoms with E-state index in [0.29, 0.717) is 18.9 Å². The largest absolute Gasteiger partial charge is 0.381 e. The molecule has 0 saturated carbocycles. The number of ether oxygens (including phenoxy) is 2. The molecule has 0 aliphatic carbocycles. The summed E-state index contributed by atoms with van der Waals surface area (Å²) in [5, 5.41) is 0. The maximum absolute atomic E-state index is 11.4. The maximum Gasteiger partial charge on any atom is 0.251 e. The van der Waals surface area contributed by atoms with Crippen LogP contribution in [0.5, 0.6) is 0 Å². The van der Waals surface area contributed by atoms with Crippen molar-refractivity contribution in [2.75, 3.05) is 20.3 Å². The van der Waals surface area contributed by atoms with Crippen molar-refractivity contribution in [3.63, 3.8) is 0 Å². The molecular formula is C11H16N2O3. The normalized spacial score (nSPS) is 20.9. The van der Waals surface area contributed by atoms with Gasteiger partial charge in [0.15, 0.2) is 0 Å². The van der Waals surface area contributed by atoms with Gasteiger partial charge in [-0.3, -0.25) is 4.79 Å². The van der Waals surface area contributed by atoms with E-state index in [4.69, 9.17) is 9.47 Å². The molecule has 1 aromatic rings. The highest BCUT2D eigenvalue weighted by Crippen LogP contribution is 2.21. The standard InChI is InChI=1S/C11H16N2O3/c1-15-7-9-5-10(14)13-11(12-9)8-3-2-4-16-6-8/h5,8H,2-4,6-7H2,1H3,(H,12,13,14). The molecular weight excluding hydrogens is 208 g/mol. The number of hydrogen-bond donors (Lipinski definition) is 1. The molecule has 16 heavy (non-hydrogen) atoms. The van der Waals surface area contributed by atoms with E-state index in [1.807, 2.05) is 0 Å². The molecule has 1 aliphatic heterocycles. The van der Waals surface area contributed by atoms with Crippen molar-refractivity contribution in [1.82, 2.24) is 9.97 Å². The fourth-order valence-electron chi connectivity index (χ4n) is 1.90. The van der Waals surface area contributed by atoms with Crippen LogP contribution >= 0.6 is 0 Å². The molecule has 88 valence electrons. The molecule has 1 aliphatic rings. The molecule has 5 nitrogen and oxygen atoms in total. The lowest BCUT2D eigenvalue weighted by molar-refractivity contribution is 0.0777. The molecule has 0 amide bonds. The SMILES string of the molecule is COCc1cc(=O)[nH]c(C2CCCOC2)n1. The second-order valence-electron chi connectivity index (χ2n) is 3.97. The van der Waals surface area contributed by atoms with E-state index < -0.39 is 0 Å². The van der Waals surface area contributed by atoms with Crippen LogP contribution in [0.1, 0.15) is 30.3 Å². The van der Waals surface area contributed by atoms with Crippen LogP contribution in [0, 0.1) is 0 Å². The van der Waals surface area contributed by atoms with Gasteiger partial charge in [-0.15, -0.1) is 0 Å². The summed E-state index contributed by atoms with van der Waals surface area (Å²) in [5.74, 6) is 0.928. The highest BCUT2D eigenvalue weighted by Gasteiger charge is 2.18. The molecule has 2 rings (SSSR count). The van der Waals surface area contributed by atoms with Gasteiger partial charge in [0.25, 0.3) is 5.56 Å². The lowest BCUT2D eigenvalue weighted by Gasteiger charge is -2.21. The predicted molar refractivity (Wildman–Crippen MR) is 58.4 cm³/mol.